The molecule has 210 valence electrons. The summed E-state index contributed by atoms with van der Waals surface area (Å²) in [6.45, 7) is 8.25. The van der Waals surface area contributed by atoms with Crippen LogP contribution in [0.4, 0.5) is 14.9 Å². The average molecular weight is 547 g/mol. The van der Waals surface area contributed by atoms with E-state index in [0.29, 0.717) is 29.1 Å². The fraction of sp³-hybridized carbons (Fsp3) is 0.290. The Labute approximate surface area is 233 Å². The van der Waals surface area contributed by atoms with Crippen LogP contribution in [-0.4, -0.2) is 48.4 Å². The monoisotopic (exact) mass is 546 g/mol. The lowest BCUT2D eigenvalue weighted by Gasteiger charge is -2.29. The third kappa shape index (κ3) is 5.71. The molecular formula is C31H35FN4O4. The van der Waals surface area contributed by atoms with Gasteiger partial charge in [0.05, 0.1) is 12.7 Å². The molecule has 0 saturated heterocycles. The topological polar surface area (TPSA) is 103 Å². The van der Waals surface area contributed by atoms with Gasteiger partial charge in [-0.1, -0.05) is 44.2 Å². The number of anilines is 1. The number of hydrogen-bond acceptors (Lipinski definition) is 5. The Morgan fingerprint density at radius 2 is 1.75 bits per heavy atom. The van der Waals surface area contributed by atoms with Gasteiger partial charge in [0.1, 0.15) is 11.6 Å². The number of likely N-dealkylation sites (N-methyl/N-ethyl adjacent to an activating group) is 1. The van der Waals surface area contributed by atoms with E-state index in [-0.39, 0.29) is 17.4 Å². The number of benzene rings is 3. The molecule has 3 aromatic carbocycles. The molecule has 0 aromatic heterocycles. The first-order valence-corrected chi connectivity index (χ1v) is 13.1. The summed E-state index contributed by atoms with van der Waals surface area (Å²) in [5.41, 5.74) is 6.22. The van der Waals surface area contributed by atoms with Crippen LogP contribution in [0.1, 0.15) is 30.5 Å². The van der Waals surface area contributed by atoms with Gasteiger partial charge in [0.25, 0.3) is 5.91 Å². The second kappa shape index (κ2) is 11.9. The van der Waals surface area contributed by atoms with Crippen molar-refractivity contribution in [2.75, 3.05) is 19.5 Å². The van der Waals surface area contributed by atoms with Crippen LogP contribution >= 0.6 is 0 Å². The summed E-state index contributed by atoms with van der Waals surface area (Å²) in [7, 11) is 2.94. The Bertz CT molecular complexity index is 1480. The van der Waals surface area contributed by atoms with E-state index < -0.39 is 18.2 Å². The van der Waals surface area contributed by atoms with E-state index in [2.05, 4.69) is 16.0 Å². The second-order valence-corrected chi connectivity index (χ2v) is 10.1. The van der Waals surface area contributed by atoms with Gasteiger partial charge in [-0.25, -0.2) is 9.18 Å². The summed E-state index contributed by atoms with van der Waals surface area (Å²) in [5.74, 6) is -0.385. The number of amides is 3. The zero-order valence-corrected chi connectivity index (χ0v) is 23.6. The molecule has 0 radical (unpaired) electrons. The summed E-state index contributed by atoms with van der Waals surface area (Å²) in [4.78, 5) is 25.7. The Balaban J connectivity index is 1.68. The molecule has 40 heavy (non-hydrogen) atoms. The number of aliphatic hydroxyl groups is 1. The van der Waals surface area contributed by atoms with E-state index >= 15 is 4.39 Å². The number of hydrogen-bond donors (Lipinski definition) is 4. The fourth-order valence-corrected chi connectivity index (χ4v) is 4.74. The summed E-state index contributed by atoms with van der Waals surface area (Å²) in [5, 5.41) is 18.9. The van der Waals surface area contributed by atoms with Gasteiger partial charge in [-0.15, -0.1) is 0 Å². The molecule has 0 spiro atoms. The molecule has 0 fully saturated rings. The summed E-state index contributed by atoms with van der Waals surface area (Å²) in [6, 6.07) is 14.5. The van der Waals surface area contributed by atoms with Crippen molar-refractivity contribution in [3.05, 3.63) is 82.8 Å². The van der Waals surface area contributed by atoms with Gasteiger partial charge in [-0.2, -0.15) is 0 Å². The number of halogens is 1. The Morgan fingerprint density at radius 1 is 1.10 bits per heavy atom. The van der Waals surface area contributed by atoms with Crippen LogP contribution in [0.25, 0.3) is 22.3 Å². The number of methoxy groups -OCH3 is 1. The highest BCUT2D eigenvalue weighted by atomic mass is 19.1. The molecule has 3 amide bonds. The van der Waals surface area contributed by atoms with Gasteiger partial charge in [0.15, 0.2) is 6.23 Å². The maximum atomic E-state index is 15.2. The minimum atomic E-state index is -1.36. The van der Waals surface area contributed by atoms with Crippen molar-refractivity contribution >= 4 is 17.6 Å². The van der Waals surface area contributed by atoms with E-state index in [9.17, 15) is 14.7 Å². The first kappa shape index (κ1) is 28.8. The van der Waals surface area contributed by atoms with Crippen molar-refractivity contribution in [1.29, 1.82) is 0 Å². The van der Waals surface area contributed by atoms with Crippen LogP contribution < -0.4 is 20.7 Å². The standard InChI is InChI=1S/C31H35FN4O4/c1-17(2)33-15-24-26(32)13-20(14-28(24)40-6)21-9-7-10-22(18(21)3)23-11-8-12-27(19(23)4)35-29(37)25-16-34-31(39)36(5)30(25)38/h7-14,16-17,30,33,38H,15H2,1-6H3,(H,34,39)(H,35,37). The smallest absolute Gasteiger partial charge is 0.323 e. The normalized spacial score (nSPS) is 15.1. The largest absolute Gasteiger partial charge is 0.496 e. The van der Waals surface area contributed by atoms with Crippen LogP contribution in [0.2, 0.25) is 0 Å². The van der Waals surface area contributed by atoms with Gasteiger partial charge >= 0.3 is 6.03 Å². The second-order valence-electron chi connectivity index (χ2n) is 10.1. The van der Waals surface area contributed by atoms with Gasteiger partial charge in [-0.3, -0.25) is 9.69 Å². The first-order valence-electron chi connectivity index (χ1n) is 13.1. The number of nitrogens with one attached hydrogen (secondary N) is 3. The van der Waals surface area contributed by atoms with Crippen molar-refractivity contribution in [1.82, 2.24) is 15.5 Å². The Kier molecular flexibility index (Phi) is 8.56. The number of carbonyl (C=O) groups is 2. The van der Waals surface area contributed by atoms with Gasteiger partial charge < -0.3 is 25.8 Å². The lowest BCUT2D eigenvalue weighted by Crippen LogP contribution is -2.49. The molecule has 1 unspecified atom stereocenters. The SMILES string of the molecule is COc1cc(-c2cccc(-c3cccc(NC(=O)C4=CNC(=O)N(C)C4O)c3C)c2C)cc(F)c1CNC(C)C. The summed E-state index contributed by atoms with van der Waals surface area (Å²) < 4.78 is 20.8. The predicted octanol–water partition coefficient (Wildman–Crippen LogP) is 5.08. The molecule has 4 N–H and O–H groups in total. The predicted molar refractivity (Wildman–Crippen MR) is 154 cm³/mol. The quantitative estimate of drug-likeness (QED) is 0.316. The lowest BCUT2D eigenvalue weighted by molar-refractivity contribution is -0.114. The zero-order valence-electron chi connectivity index (χ0n) is 23.6. The van der Waals surface area contributed by atoms with Crippen LogP contribution in [0.3, 0.4) is 0 Å². The minimum absolute atomic E-state index is 0.0214. The minimum Gasteiger partial charge on any atom is -0.496 e. The highest BCUT2D eigenvalue weighted by Gasteiger charge is 2.30. The molecular weight excluding hydrogens is 511 g/mol. The van der Waals surface area contributed by atoms with E-state index in [1.807, 2.05) is 64.1 Å². The van der Waals surface area contributed by atoms with Crippen LogP contribution in [0.15, 0.2) is 60.3 Å². The van der Waals surface area contributed by atoms with Crippen LogP contribution in [-0.2, 0) is 11.3 Å². The van der Waals surface area contributed by atoms with Crippen molar-refractivity contribution in [3.63, 3.8) is 0 Å². The first-order chi connectivity index (χ1) is 19.0. The maximum Gasteiger partial charge on any atom is 0.323 e. The Morgan fingerprint density at radius 3 is 2.42 bits per heavy atom. The molecule has 1 aliphatic rings. The Hall–Kier alpha value is -4.21. The molecule has 0 bridgehead atoms. The molecule has 1 aliphatic heterocycles. The average Bonchev–Trinajstić information content (AvgIpc) is 2.92. The summed E-state index contributed by atoms with van der Waals surface area (Å²) in [6.07, 6.45) is -0.145. The third-order valence-electron chi connectivity index (χ3n) is 7.16. The molecule has 1 heterocycles. The molecule has 0 saturated carbocycles. The van der Waals surface area contributed by atoms with E-state index in [0.717, 1.165) is 32.7 Å². The van der Waals surface area contributed by atoms with E-state index in [1.165, 1.54) is 26.4 Å². The van der Waals surface area contributed by atoms with Crippen molar-refractivity contribution in [2.24, 2.45) is 0 Å². The number of aliphatic hydroxyl groups excluding tert-OH is 1. The third-order valence-corrected chi connectivity index (χ3v) is 7.16. The molecule has 4 rings (SSSR count). The maximum absolute atomic E-state index is 15.2. The molecule has 9 heteroatoms. The summed E-state index contributed by atoms with van der Waals surface area (Å²) >= 11 is 0. The molecule has 3 aromatic rings. The number of carbonyl (C=O) groups excluding carboxylic acids is 2. The van der Waals surface area contributed by atoms with Crippen molar-refractivity contribution in [2.45, 2.75) is 46.5 Å². The lowest BCUT2D eigenvalue weighted by atomic mass is 9.90. The van der Waals surface area contributed by atoms with Gasteiger partial charge in [-0.05, 0) is 65.4 Å². The molecule has 0 aliphatic carbocycles. The van der Waals surface area contributed by atoms with E-state index in [1.54, 1.807) is 6.07 Å². The number of nitrogens with zero attached hydrogens (tertiary/aromatic N) is 1. The van der Waals surface area contributed by atoms with Crippen LogP contribution in [0, 0.1) is 19.7 Å². The van der Waals surface area contributed by atoms with Crippen molar-refractivity contribution in [3.8, 4) is 28.0 Å². The highest BCUT2D eigenvalue weighted by molar-refractivity contribution is 6.06. The van der Waals surface area contributed by atoms with Crippen molar-refractivity contribution < 1.29 is 23.8 Å². The number of ether oxygens (including phenoxy) is 1. The zero-order chi connectivity index (χ0) is 29.1. The van der Waals surface area contributed by atoms with Gasteiger partial charge in [0, 0.05) is 37.1 Å². The highest BCUT2D eigenvalue weighted by Crippen LogP contribution is 2.37. The number of rotatable bonds is 8. The van der Waals surface area contributed by atoms with E-state index in [4.69, 9.17) is 4.74 Å². The van der Waals surface area contributed by atoms with Crippen LogP contribution in [0.5, 0.6) is 5.75 Å². The molecule has 1 atom stereocenters. The fourth-order valence-electron chi connectivity index (χ4n) is 4.74. The number of urea groups is 1. The molecule has 8 nitrogen and oxygen atoms in total. The van der Waals surface area contributed by atoms with Gasteiger partial charge in [0.2, 0.25) is 0 Å².